The van der Waals surface area contributed by atoms with Crippen molar-refractivity contribution >= 4 is 0 Å². The molecule has 0 aliphatic heterocycles. The Kier molecular flexibility index (Phi) is 2.14. The average molecular weight is 186 g/mol. The van der Waals surface area contributed by atoms with Crippen LogP contribution in [0.2, 0.25) is 0 Å². The minimum atomic E-state index is 0.637. The summed E-state index contributed by atoms with van der Waals surface area (Å²) in [5.41, 5.74) is 2.67. The molecular weight excluding hydrogens is 176 g/mol. The molecular formula is C11H10N2O. The van der Waals surface area contributed by atoms with E-state index in [4.69, 9.17) is 0 Å². The van der Waals surface area contributed by atoms with Crippen LogP contribution in [-0.4, -0.2) is 4.98 Å². The van der Waals surface area contributed by atoms with Gasteiger partial charge in [0.25, 0.3) is 6.33 Å². The van der Waals surface area contributed by atoms with Crippen LogP contribution in [0.5, 0.6) is 0 Å². The molecule has 0 aliphatic rings. The SMILES string of the molecule is Cc1ccccc1-c1ccnc[n+]1[O-]. The predicted molar refractivity (Wildman–Crippen MR) is 53.4 cm³/mol. The predicted octanol–water partition coefficient (Wildman–Crippen LogP) is 1.69. The molecule has 0 unspecified atom stereocenters. The van der Waals surface area contributed by atoms with E-state index >= 15 is 0 Å². The monoisotopic (exact) mass is 186 g/mol. The largest absolute Gasteiger partial charge is 0.710 e. The maximum atomic E-state index is 11.4. The van der Waals surface area contributed by atoms with Gasteiger partial charge in [0.1, 0.15) is 11.9 Å². The third-order valence-electron chi connectivity index (χ3n) is 2.15. The van der Waals surface area contributed by atoms with Gasteiger partial charge in [-0.3, -0.25) is 0 Å². The molecule has 1 aromatic heterocycles. The highest BCUT2D eigenvalue weighted by Gasteiger charge is 2.06. The van der Waals surface area contributed by atoms with Crippen LogP contribution in [0.15, 0.2) is 42.9 Å². The van der Waals surface area contributed by atoms with Gasteiger partial charge in [-0.05, 0) is 12.5 Å². The van der Waals surface area contributed by atoms with E-state index in [1.807, 2.05) is 31.2 Å². The number of benzene rings is 1. The fourth-order valence-electron chi connectivity index (χ4n) is 1.42. The molecule has 1 heterocycles. The molecule has 14 heavy (non-hydrogen) atoms. The molecule has 1 aromatic carbocycles. The van der Waals surface area contributed by atoms with Crippen LogP contribution in [0.25, 0.3) is 11.3 Å². The summed E-state index contributed by atoms with van der Waals surface area (Å²) in [6.45, 7) is 1.98. The Bertz CT molecular complexity index is 411. The van der Waals surface area contributed by atoms with Crippen molar-refractivity contribution in [2.45, 2.75) is 6.92 Å². The summed E-state index contributed by atoms with van der Waals surface area (Å²) in [6.07, 6.45) is 2.89. The standard InChI is InChI=1S/C11H10N2O/c1-9-4-2-3-5-10(9)11-6-7-12-8-13(11)14/h2-8H,1H3. The fraction of sp³-hybridized carbons (Fsp3) is 0.0909. The lowest BCUT2D eigenvalue weighted by molar-refractivity contribution is -0.597. The second-order valence-electron chi connectivity index (χ2n) is 3.11. The summed E-state index contributed by atoms with van der Waals surface area (Å²) in [6, 6.07) is 9.50. The van der Waals surface area contributed by atoms with E-state index in [1.165, 1.54) is 6.33 Å². The van der Waals surface area contributed by atoms with Crippen molar-refractivity contribution in [3.63, 3.8) is 0 Å². The molecule has 3 nitrogen and oxygen atoms in total. The lowest BCUT2D eigenvalue weighted by atomic mass is 10.1. The van der Waals surface area contributed by atoms with Gasteiger partial charge in [0.2, 0.25) is 0 Å². The zero-order valence-corrected chi connectivity index (χ0v) is 7.84. The summed E-state index contributed by atoms with van der Waals surface area (Å²) in [4.78, 5) is 3.75. The topological polar surface area (TPSA) is 39.8 Å². The Labute approximate surface area is 82.3 Å². The smallest absolute Gasteiger partial charge is 0.289 e. The van der Waals surface area contributed by atoms with E-state index in [0.717, 1.165) is 15.9 Å². The summed E-state index contributed by atoms with van der Waals surface area (Å²) in [7, 11) is 0. The number of rotatable bonds is 1. The molecule has 0 N–H and O–H groups in total. The van der Waals surface area contributed by atoms with Crippen LogP contribution < -0.4 is 4.73 Å². The molecule has 0 saturated heterocycles. The molecule has 70 valence electrons. The number of hydrogen-bond donors (Lipinski definition) is 0. The molecule has 0 amide bonds. The van der Waals surface area contributed by atoms with Gasteiger partial charge in [0, 0.05) is 11.6 Å². The summed E-state index contributed by atoms with van der Waals surface area (Å²) in [5, 5.41) is 11.4. The van der Waals surface area contributed by atoms with Gasteiger partial charge in [-0.25, -0.2) is 4.73 Å². The first-order chi connectivity index (χ1) is 6.79. The maximum absolute atomic E-state index is 11.4. The van der Waals surface area contributed by atoms with E-state index < -0.39 is 0 Å². The van der Waals surface area contributed by atoms with E-state index in [9.17, 15) is 5.21 Å². The summed E-state index contributed by atoms with van der Waals surface area (Å²) in [5.74, 6) is 0. The first-order valence-electron chi connectivity index (χ1n) is 4.38. The molecule has 0 bridgehead atoms. The van der Waals surface area contributed by atoms with E-state index in [-0.39, 0.29) is 0 Å². The van der Waals surface area contributed by atoms with Crippen LogP contribution in [0, 0.1) is 12.1 Å². The van der Waals surface area contributed by atoms with Crippen molar-refractivity contribution in [1.29, 1.82) is 0 Å². The molecule has 0 atom stereocenters. The van der Waals surface area contributed by atoms with Gasteiger partial charge in [0.15, 0.2) is 0 Å². The third-order valence-corrected chi connectivity index (χ3v) is 2.15. The first kappa shape index (κ1) is 8.69. The minimum Gasteiger partial charge on any atom is -0.710 e. The Balaban J connectivity index is 2.61. The fourth-order valence-corrected chi connectivity index (χ4v) is 1.42. The van der Waals surface area contributed by atoms with E-state index in [0.29, 0.717) is 5.69 Å². The van der Waals surface area contributed by atoms with E-state index in [1.54, 1.807) is 12.3 Å². The van der Waals surface area contributed by atoms with Crippen molar-refractivity contribution in [2.24, 2.45) is 0 Å². The van der Waals surface area contributed by atoms with Gasteiger partial charge >= 0.3 is 0 Å². The zero-order chi connectivity index (χ0) is 9.97. The second kappa shape index (κ2) is 3.46. The molecule has 0 spiro atoms. The van der Waals surface area contributed by atoms with Gasteiger partial charge in [-0.1, -0.05) is 29.2 Å². The van der Waals surface area contributed by atoms with Crippen LogP contribution >= 0.6 is 0 Å². The minimum absolute atomic E-state index is 0.637. The number of aryl methyl sites for hydroxylation is 1. The van der Waals surface area contributed by atoms with Crippen molar-refractivity contribution in [1.82, 2.24) is 4.98 Å². The highest BCUT2D eigenvalue weighted by atomic mass is 16.5. The Morgan fingerprint density at radius 1 is 1.21 bits per heavy atom. The summed E-state index contributed by atoms with van der Waals surface area (Å²) >= 11 is 0. The Morgan fingerprint density at radius 3 is 2.71 bits per heavy atom. The van der Waals surface area contributed by atoms with Crippen LogP contribution in [0.1, 0.15) is 5.56 Å². The lowest BCUT2D eigenvalue weighted by Crippen LogP contribution is -2.29. The Morgan fingerprint density at radius 2 is 2.00 bits per heavy atom. The van der Waals surface area contributed by atoms with Crippen molar-refractivity contribution in [2.75, 3.05) is 0 Å². The van der Waals surface area contributed by atoms with Crippen molar-refractivity contribution in [3.05, 3.63) is 53.6 Å². The lowest BCUT2D eigenvalue weighted by Gasteiger charge is -2.08. The number of hydrogen-bond acceptors (Lipinski definition) is 2. The molecule has 0 aliphatic carbocycles. The Hall–Kier alpha value is -1.90. The number of aromatic nitrogens is 2. The van der Waals surface area contributed by atoms with Crippen LogP contribution in [0.4, 0.5) is 0 Å². The second-order valence-corrected chi connectivity index (χ2v) is 3.11. The maximum Gasteiger partial charge on any atom is 0.289 e. The quantitative estimate of drug-likeness (QED) is 0.502. The van der Waals surface area contributed by atoms with Crippen molar-refractivity contribution in [3.8, 4) is 11.3 Å². The number of nitrogens with zero attached hydrogens (tertiary/aromatic N) is 2. The molecule has 0 saturated carbocycles. The van der Waals surface area contributed by atoms with Gasteiger partial charge in [0.05, 0.1) is 0 Å². The third kappa shape index (κ3) is 1.44. The molecule has 0 radical (unpaired) electrons. The normalized spacial score (nSPS) is 10.1. The molecule has 3 heteroatoms. The summed E-state index contributed by atoms with van der Waals surface area (Å²) < 4.78 is 0.780. The zero-order valence-electron chi connectivity index (χ0n) is 7.84. The van der Waals surface area contributed by atoms with Crippen LogP contribution in [-0.2, 0) is 0 Å². The van der Waals surface area contributed by atoms with Crippen LogP contribution in [0.3, 0.4) is 0 Å². The van der Waals surface area contributed by atoms with Gasteiger partial charge < -0.3 is 5.21 Å². The molecule has 2 rings (SSSR count). The first-order valence-corrected chi connectivity index (χ1v) is 4.38. The van der Waals surface area contributed by atoms with Crippen molar-refractivity contribution < 1.29 is 4.73 Å². The average Bonchev–Trinajstić information content (AvgIpc) is 2.20. The molecule has 2 aromatic rings. The molecule has 0 fully saturated rings. The highest BCUT2D eigenvalue weighted by Crippen LogP contribution is 2.18. The van der Waals surface area contributed by atoms with E-state index in [2.05, 4.69) is 4.98 Å². The van der Waals surface area contributed by atoms with Gasteiger partial charge in [-0.15, -0.1) is 0 Å². The van der Waals surface area contributed by atoms with Gasteiger partial charge in [-0.2, -0.15) is 0 Å². The highest BCUT2D eigenvalue weighted by molar-refractivity contribution is 5.60.